The number of carbonyl (C=O) groups excluding carboxylic acids is 1. The molecule has 1 fully saturated rings. The summed E-state index contributed by atoms with van der Waals surface area (Å²) in [4.78, 5) is 11.6. The quantitative estimate of drug-likeness (QED) is 0.833. The number of carbonyl (C=O) groups is 1. The zero-order valence-corrected chi connectivity index (χ0v) is 15.6. The van der Waals surface area contributed by atoms with Crippen LogP contribution >= 0.6 is 0 Å². The van der Waals surface area contributed by atoms with Gasteiger partial charge in [0.2, 0.25) is 10.0 Å². The molecule has 1 atom stereocenters. The molecule has 3 heterocycles. The van der Waals surface area contributed by atoms with Gasteiger partial charge in [-0.25, -0.2) is 8.42 Å². The van der Waals surface area contributed by atoms with Crippen molar-refractivity contribution in [1.82, 2.24) is 14.1 Å². The number of aryl methyl sites for hydroxylation is 1. The van der Waals surface area contributed by atoms with E-state index in [1.807, 2.05) is 13.1 Å². The molecule has 0 spiro atoms. The maximum atomic E-state index is 13.1. The van der Waals surface area contributed by atoms with Crippen molar-refractivity contribution in [3.05, 3.63) is 36.2 Å². The Morgan fingerprint density at radius 3 is 3.00 bits per heavy atom. The second-order valence-electron chi connectivity index (χ2n) is 6.35. The Hall–Kier alpha value is -2.43. The first-order valence-electron chi connectivity index (χ1n) is 8.68. The van der Waals surface area contributed by atoms with Crippen LogP contribution in [-0.4, -0.2) is 54.7 Å². The lowest BCUT2D eigenvalue weighted by atomic mass is 10.2. The van der Waals surface area contributed by atoms with E-state index in [9.17, 15) is 13.2 Å². The first-order valence-corrected chi connectivity index (χ1v) is 10.1. The molecule has 2 aliphatic heterocycles. The van der Waals surface area contributed by atoms with E-state index >= 15 is 0 Å². The fraction of sp³-hybridized carbons (Fsp3) is 0.412. The van der Waals surface area contributed by atoms with E-state index in [2.05, 4.69) is 10.4 Å². The summed E-state index contributed by atoms with van der Waals surface area (Å²) in [6.45, 7) is 3.41. The molecule has 0 aliphatic carbocycles. The summed E-state index contributed by atoms with van der Waals surface area (Å²) in [5.74, 6) is 0.150. The molecular formula is C17H20N4O5S. The van der Waals surface area contributed by atoms with Gasteiger partial charge in [-0.2, -0.15) is 9.40 Å². The zero-order valence-electron chi connectivity index (χ0n) is 14.8. The van der Waals surface area contributed by atoms with Crippen LogP contribution in [0.2, 0.25) is 0 Å². The van der Waals surface area contributed by atoms with Crippen LogP contribution in [0.3, 0.4) is 0 Å². The molecule has 1 saturated heterocycles. The first kappa shape index (κ1) is 18.0. The monoisotopic (exact) mass is 392 g/mol. The van der Waals surface area contributed by atoms with Crippen molar-refractivity contribution in [2.24, 2.45) is 0 Å². The lowest BCUT2D eigenvalue weighted by Gasteiger charge is -2.32. The molecule has 2 aliphatic rings. The molecule has 0 saturated carbocycles. The SMILES string of the molecule is CCn1cc(C2CN(S(=O)(=O)c3ccc4c(c3)NC(=O)CO4)CCO2)cn1. The van der Waals surface area contributed by atoms with Crippen molar-refractivity contribution in [3.63, 3.8) is 0 Å². The normalized spacial score (nSPS) is 20.6. The molecule has 27 heavy (non-hydrogen) atoms. The topological polar surface area (TPSA) is 103 Å². The van der Waals surface area contributed by atoms with E-state index in [0.29, 0.717) is 18.0 Å². The van der Waals surface area contributed by atoms with Crippen LogP contribution in [-0.2, 0) is 26.1 Å². The van der Waals surface area contributed by atoms with Crippen LogP contribution in [0, 0.1) is 0 Å². The molecule has 9 nitrogen and oxygen atoms in total. The number of nitrogens with one attached hydrogen (secondary N) is 1. The van der Waals surface area contributed by atoms with Gasteiger partial charge in [-0.1, -0.05) is 0 Å². The summed E-state index contributed by atoms with van der Waals surface area (Å²) in [6, 6.07) is 4.48. The third-order valence-corrected chi connectivity index (χ3v) is 6.46. The highest BCUT2D eigenvalue weighted by molar-refractivity contribution is 7.89. The summed E-state index contributed by atoms with van der Waals surface area (Å²) < 4.78 is 40.4. The number of morpholine rings is 1. The lowest BCUT2D eigenvalue weighted by molar-refractivity contribution is -0.118. The number of hydrogen-bond acceptors (Lipinski definition) is 6. The lowest BCUT2D eigenvalue weighted by Crippen LogP contribution is -2.42. The van der Waals surface area contributed by atoms with E-state index in [4.69, 9.17) is 9.47 Å². The van der Waals surface area contributed by atoms with E-state index in [0.717, 1.165) is 12.1 Å². The van der Waals surface area contributed by atoms with Gasteiger partial charge in [-0.05, 0) is 25.1 Å². The van der Waals surface area contributed by atoms with Crippen molar-refractivity contribution in [3.8, 4) is 5.75 Å². The Balaban J connectivity index is 1.58. The highest BCUT2D eigenvalue weighted by Crippen LogP contribution is 2.32. The number of rotatable bonds is 4. The third-order valence-electron chi connectivity index (χ3n) is 4.60. The highest BCUT2D eigenvalue weighted by Gasteiger charge is 2.33. The minimum atomic E-state index is -3.73. The fourth-order valence-electron chi connectivity index (χ4n) is 3.14. The minimum absolute atomic E-state index is 0.0737. The van der Waals surface area contributed by atoms with Gasteiger partial charge >= 0.3 is 0 Å². The number of nitrogens with zero attached hydrogens (tertiary/aromatic N) is 3. The molecule has 1 aromatic heterocycles. The van der Waals surface area contributed by atoms with Gasteiger partial charge in [0, 0.05) is 31.4 Å². The standard InChI is InChI=1S/C17H20N4O5S/c1-2-20-9-12(8-18-20)16-10-21(5-6-25-16)27(23,24)13-3-4-15-14(7-13)19-17(22)11-26-15/h3-4,7-9,16H,2,5-6,10-11H2,1H3,(H,19,22). The fourth-order valence-corrected chi connectivity index (χ4v) is 4.59. The number of amides is 1. The number of sulfonamides is 1. The van der Waals surface area contributed by atoms with Crippen molar-refractivity contribution in [2.75, 3.05) is 31.6 Å². The third kappa shape index (κ3) is 3.43. The van der Waals surface area contributed by atoms with Gasteiger partial charge in [0.25, 0.3) is 5.91 Å². The number of ether oxygens (including phenoxy) is 2. The molecule has 4 rings (SSSR count). The van der Waals surface area contributed by atoms with E-state index in [1.54, 1.807) is 16.9 Å². The van der Waals surface area contributed by atoms with Crippen LogP contribution in [0.4, 0.5) is 5.69 Å². The minimum Gasteiger partial charge on any atom is -0.482 e. The van der Waals surface area contributed by atoms with Crippen LogP contribution in [0.5, 0.6) is 5.75 Å². The summed E-state index contributed by atoms with van der Waals surface area (Å²) in [5.41, 5.74) is 1.21. The number of benzene rings is 1. The van der Waals surface area contributed by atoms with Gasteiger partial charge in [-0.3, -0.25) is 9.48 Å². The molecule has 1 N–H and O–H groups in total. The van der Waals surface area contributed by atoms with Crippen molar-refractivity contribution in [1.29, 1.82) is 0 Å². The van der Waals surface area contributed by atoms with Crippen LogP contribution < -0.4 is 10.1 Å². The molecule has 0 radical (unpaired) electrons. The maximum absolute atomic E-state index is 13.1. The number of hydrogen-bond donors (Lipinski definition) is 1. The van der Waals surface area contributed by atoms with Crippen LogP contribution in [0.15, 0.2) is 35.5 Å². The molecule has 1 unspecified atom stereocenters. The molecule has 10 heteroatoms. The molecule has 1 amide bonds. The first-order chi connectivity index (χ1) is 13.0. The Labute approximate surface area is 156 Å². The predicted octanol–water partition coefficient (Wildman–Crippen LogP) is 0.996. The predicted molar refractivity (Wildman–Crippen MR) is 95.9 cm³/mol. The summed E-state index contributed by atoms with van der Waals surface area (Å²) in [5, 5.41) is 6.86. The molecular weight excluding hydrogens is 372 g/mol. The largest absolute Gasteiger partial charge is 0.482 e. The van der Waals surface area contributed by atoms with Gasteiger partial charge in [-0.15, -0.1) is 0 Å². The van der Waals surface area contributed by atoms with Crippen molar-refractivity contribution >= 4 is 21.6 Å². The smallest absolute Gasteiger partial charge is 0.262 e. The van der Waals surface area contributed by atoms with Gasteiger partial charge in [0.15, 0.2) is 6.61 Å². The Morgan fingerprint density at radius 1 is 1.37 bits per heavy atom. The molecule has 144 valence electrons. The van der Waals surface area contributed by atoms with Crippen molar-refractivity contribution in [2.45, 2.75) is 24.5 Å². The number of fused-ring (bicyclic) bond motifs is 1. The number of anilines is 1. The average Bonchev–Trinajstić information content (AvgIpc) is 3.17. The highest BCUT2D eigenvalue weighted by atomic mass is 32.2. The van der Waals surface area contributed by atoms with Crippen molar-refractivity contribution < 1.29 is 22.7 Å². The van der Waals surface area contributed by atoms with Gasteiger partial charge in [0.1, 0.15) is 5.75 Å². The second-order valence-corrected chi connectivity index (χ2v) is 8.28. The molecule has 2 aromatic rings. The van der Waals surface area contributed by atoms with E-state index in [1.165, 1.54) is 16.4 Å². The summed E-state index contributed by atoms with van der Waals surface area (Å²) in [6.07, 6.45) is 3.21. The van der Waals surface area contributed by atoms with Gasteiger partial charge in [0.05, 0.1) is 29.5 Å². The maximum Gasteiger partial charge on any atom is 0.262 e. The zero-order chi connectivity index (χ0) is 19.0. The van der Waals surface area contributed by atoms with E-state index < -0.39 is 10.0 Å². The summed E-state index contributed by atoms with van der Waals surface area (Å²) >= 11 is 0. The summed E-state index contributed by atoms with van der Waals surface area (Å²) in [7, 11) is -3.73. The molecule has 1 aromatic carbocycles. The van der Waals surface area contributed by atoms with Gasteiger partial charge < -0.3 is 14.8 Å². The Kier molecular flexibility index (Phi) is 4.62. The van der Waals surface area contributed by atoms with Crippen LogP contribution in [0.1, 0.15) is 18.6 Å². The molecule has 0 bridgehead atoms. The van der Waals surface area contributed by atoms with E-state index in [-0.39, 0.29) is 36.6 Å². The Bertz CT molecular complexity index is 971. The second kappa shape index (κ2) is 6.95. The van der Waals surface area contributed by atoms with Crippen LogP contribution in [0.25, 0.3) is 0 Å². The number of aromatic nitrogens is 2. The average molecular weight is 392 g/mol. The Morgan fingerprint density at radius 2 is 2.22 bits per heavy atom.